The van der Waals surface area contributed by atoms with Gasteiger partial charge in [-0.15, -0.1) is 11.3 Å². The third-order valence-corrected chi connectivity index (χ3v) is 3.11. The van der Waals surface area contributed by atoms with Gasteiger partial charge in [0.25, 0.3) is 5.91 Å². The van der Waals surface area contributed by atoms with Crippen LogP contribution in [0.5, 0.6) is 0 Å². The smallest absolute Gasteiger partial charge is 0.251 e. The van der Waals surface area contributed by atoms with Crippen molar-refractivity contribution in [1.82, 2.24) is 10.3 Å². The van der Waals surface area contributed by atoms with Crippen molar-refractivity contribution in [3.8, 4) is 0 Å². The topological polar surface area (TPSA) is 71.1 Å². The fraction of sp³-hybridized carbons (Fsp3) is 0.154. The number of aromatic nitrogens is 1. The SMILES string of the molecule is O=C(CCNC(=O)c1ccc(F)cc1)Nc1nccs1. The van der Waals surface area contributed by atoms with Crippen LogP contribution < -0.4 is 10.6 Å². The van der Waals surface area contributed by atoms with Gasteiger partial charge in [-0.2, -0.15) is 0 Å². The molecule has 0 saturated heterocycles. The third kappa shape index (κ3) is 4.13. The number of nitrogens with zero attached hydrogens (tertiary/aromatic N) is 1. The van der Waals surface area contributed by atoms with Crippen molar-refractivity contribution in [3.63, 3.8) is 0 Å². The zero-order valence-electron chi connectivity index (χ0n) is 10.4. The van der Waals surface area contributed by atoms with E-state index < -0.39 is 5.82 Å². The van der Waals surface area contributed by atoms with E-state index in [-0.39, 0.29) is 24.8 Å². The van der Waals surface area contributed by atoms with Gasteiger partial charge in [-0.05, 0) is 24.3 Å². The predicted molar refractivity (Wildman–Crippen MR) is 74.1 cm³/mol. The number of nitrogens with one attached hydrogen (secondary N) is 2. The molecule has 0 atom stereocenters. The highest BCUT2D eigenvalue weighted by molar-refractivity contribution is 7.13. The molecule has 0 aliphatic rings. The van der Waals surface area contributed by atoms with Crippen LogP contribution in [0.25, 0.3) is 0 Å². The second-order valence-electron chi connectivity index (χ2n) is 3.90. The van der Waals surface area contributed by atoms with Crippen LogP contribution in [0.15, 0.2) is 35.8 Å². The summed E-state index contributed by atoms with van der Waals surface area (Å²) in [6.45, 7) is 0.202. The summed E-state index contributed by atoms with van der Waals surface area (Å²) >= 11 is 1.32. The van der Waals surface area contributed by atoms with Crippen molar-refractivity contribution >= 4 is 28.3 Å². The molecule has 1 heterocycles. The maximum absolute atomic E-state index is 12.7. The number of carbonyl (C=O) groups excluding carboxylic acids is 2. The molecule has 104 valence electrons. The van der Waals surface area contributed by atoms with Gasteiger partial charge < -0.3 is 10.6 Å². The van der Waals surface area contributed by atoms with Crippen molar-refractivity contribution < 1.29 is 14.0 Å². The maximum atomic E-state index is 12.7. The van der Waals surface area contributed by atoms with Crippen LogP contribution in [0.1, 0.15) is 16.8 Å². The maximum Gasteiger partial charge on any atom is 0.251 e. The molecule has 1 aromatic carbocycles. The van der Waals surface area contributed by atoms with Gasteiger partial charge in [0.05, 0.1) is 0 Å². The molecule has 0 aliphatic carbocycles. The number of thiazole rings is 1. The first-order valence-electron chi connectivity index (χ1n) is 5.88. The normalized spacial score (nSPS) is 10.1. The van der Waals surface area contributed by atoms with Crippen LogP contribution in [0.2, 0.25) is 0 Å². The second-order valence-corrected chi connectivity index (χ2v) is 4.79. The van der Waals surface area contributed by atoms with Gasteiger partial charge in [-0.25, -0.2) is 9.37 Å². The molecule has 20 heavy (non-hydrogen) atoms. The summed E-state index contributed by atoms with van der Waals surface area (Å²) in [6, 6.07) is 5.20. The Bertz CT molecular complexity index is 584. The highest BCUT2D eigenvalue weighted by Gasteiger charge is 2.07. The highest BCUT2D eigenvalue weighted by atomic mass is 32.1. The van der Waals surface area contributed by atoms with Crippen molar-refractivity contribution in [2.75, 3.05) is 11.9 Å². The molecular formula is C13H12FN3O2S. The van der Waals surface area contributed by atoms with E-state index >= 15 is 0 Å². The Hall–Kier alpha value is -2.28. The third-order valence-electron chi connectivity index (χ3n) is 2.42. The molecule has 2 aromatic rings. The molecule has 7 heteroatoms. The minimum Gasteiger partial charge on any atom is -0.352 e. The first kappa shape index (κ1) is 14.1. The van der Waals surface area contributed by atoms with Crippen molar-refractivity contribution in [3.05, 3.63) is 47.2 Å². The minimum absolute atomic E-state index is 0.145. The monoisotopic (exact) mass is 293 g/mol. The Kier molecular flexibility index (Phi) is 4.78. The molecule has 0 spiro atoms. The number of carbonyl (C=O) groups is 2. The molecular weight excluding hydrogens is 281 g/mol. The van der Waals surface area contributed by atoms with Crippen LogP contribution in [0, 0.1) is 5.82 Å². The fourth-order valence-electron chi connectivity index (χ4n) is 1.46. The number of benzene rings is 1. The molecule has 5 nitrogen and oxygen atoms in total. The zero-order valence-corrected chi connectivity index (χ0v) is 11.2. The number of anilines is 1. The number of hydrogen-bond acceptors (Lipinski definition) is 4. The molecule has 0 unspecified atom stereocenters. The average molecular weight is 293 g/mol. The molecule has 0 radical (unpaired) electrons. The lowest BCUT2D eigenvalue weighted by atomic mass is 10.2. The summed E-state index contributed by atoms with van der Waals surface area (Å²) < 4.78 is 12.7. The largest absolute Gasteiger partial charge is 0.352 e. The van der Waals surface area contributed by atoms with Gasteiger partial charge >= 0.3 is 0 Å². The summed E-state index contributed by atoms with van der Waals surface area (Å²) in [5, 5.41) is 7.48. The lowest BCUT2D eigenvalue weighted by Crippen LogP contribution is -2.27. The Morgan fingerprint density at radius 3 is 2.65 bits per heavy atom. The van der Waals surface area contributed by atoms with Crippen LogP contribution in [0.4, 0.5) is 9.52 Å². The van der Waals surface area contributed by atoms with Gasteiger partial charge in [-0.3, -0.25) is 9.59 Å². The summed E-state index contributed by atoms with van der Waals surface area (Å²) in [5.74, 6) is -0.962. The number of halogens is 1. The van der Waals surface area contributed by atoms with Crippen LogP contribution in [0.3, 0.4) is 0 Å². The summed E-state index contributed by atoms with van der Waals surface area (Å²) in [6.07, 6.45) is 1.74. The van der Waals surface area contributed by atoms with E-state index in [0.29, 0.717) is 10.7 Å². The molecule has 2 rings (SSSR count). The van der Waals surface area contributed by atoms with E-state index in [1.807, 2.05) is 0 Å². The van der Waals surface area contributed by atoms with Gasteiger partial charge in [0, 0.05) is 30.1 Å². The molecule has 2 amide bonds. The number of amides is 2. The summed E-state index contributed by atoms with van der Waals surface area (Å²) in [4.78, 5) is 27.1. The van der Waals surface area contributed by atoms with Gasteiger partial charge in [0.2, 0.25) is 5.91 Å². The Balaban J connectivity index is 1.74. The molecule has 1 aromatic heterocycles. The van der Waals surface area contributed by atoms with Crippen LogP contribution >= 0.6 is 11.3 Å². The van der Waals surface area contributed by atoms with Gasteiger partial charge in [-0.1, -0.05) is 0 Å². The van der Waals surface area contributed by atoms with Crippen molar-refractivity contribution in [1.29, 1.82) is 0 Å². The van der Waals surface area contributed by atoms with E-state index in [2.05, 4.69) is 15.6 Å². The molecule has 0 bridgehead atoms. The zero-order chi connectivity index (χ0) is 14.4. The van der Waals surface area contributed by atoms with Crippen molar-refractivity contribution in [2.24, 2.45) is 0 Å². The number of hydrogen-bond donors (Lipinski definition) is 2. The minimum atomic E-state index is -0.399. The standard InChI is InChI=1S/C13H12FN3O2S/c14-10-3-1-9(2-4-10)12(19)15-6-5-11(18)17-13-16-7-8-20-13/h1-4,7-8H,5-6H2,(H,15,19)(H,16,17,18). The van der Waals surface area contributed by atoms with E-state index in [1.54, 1.807) is 11.6 Å². The molecule has 0 aliphatic heterocycles. The highest BCUT2D eigenvalue weighted by Crippen LogP contribution is 2.10. The average Bonchev–Trinajstić information content (AvgIpc) is 2.92. The first-order valence-corrected chi connectivity index (χ1v) is 6.76. The lowest BCUT2D eigenvalue weighted by Gasteiger charge is -2.05. The summed E-state index contributed by atoms with van der Waals surface area (Å²) in [7, 11) is 0. The molecule has 2 N–H and O–H groups in total. The Labute approximate surface area is 118 Å². The summed E-state index contributed by atoms with van der Waals surface area (Å²) in [5.41, 5.74) is 0.353. The molecule has 0 saturated carbocycles. The Morgan fingerprint density at radius 2 is 2.00 bits per heavy atom. The van der Waals surface area contributed by atoms with E-state index in [9.17, 15) is 14.0 Å². The van der Waals surface area contributed by atoms with Gasteiger partial charge in [0.1, 0.15) is 5.82 Å². The first-order chi connectivity index (χ1) is 9.65. The predicted octanol–water partition coefficient (Wildman–Crippen LogP) is 2.04. The van der Waals surface area contributed by atoms with Crippen LogP contribution in [-0.2, 0) is 4.79 Å². The molecule has 0 fully saturated rings. The number of rotatable bonds is 5. The second kappa shape index (κ2) is 6.76. The van der Waals surface area contributed by atoms with E-state index in [4.69, 9.17) is 0 Å². The Morgan fingerprint density at radius 1 is 1.25 bits per heavy atom. The fourth-order valence-corrected chi connectivity index (χ4v) is 2.00. The van der Waals surface area contributed by atoms with Crippen molar-refractivity contribution in [2.45, 2.75) is 6.42 Å². The lowest BCUT2D eigenvalue weighted by molar-refractivity contribution is -0.116. The van der Waals surface area contributed by atoms with E-state index in [0.717, 1.165) is 0 Å². The quantitative estimate of drug-likeness (QED) is 0.886. The van der Waals surface area contributed by atoms with Gasteiger partial charge in [0.15, 0.2) is 5.13 Å². The van der Waals surface area contributed by atoms with E-state index in [1.165, 1.54) is 35.6 Å². The van der Waals surface area contributed by atoms with Crippen LogP contribution in [-0.4, -0.2) is 23.3 Å².